The number of rotatable bonds is 8. The number of allylic oxidation sites excluding steroid dienone is 8. The van der Waals surface area contributed by atoms with E-state index < -0.39 is 0 Å². The fourth-order valence-corrected chi connectivity index (χ4v) is 3.57. The van der Waals surface area contributed by atoms with E-state index in [1.54, 1.807) is 6.08 Å². The second-order valence-corrected chi connectivity index (χ2v) is 8.95. The number of nitrogens with one attached hydrogen (secondary N) is 1. The minimum absolute atomic E-state index is 0.750. The first-order chi connectivity index (χ1) is 18.2. The summed E-state index contributed by atoms with van der Waals surface area (Å²) in [5.41, 5.74) is 16.6. The van der Waals surface area contributed by atoms with E-state index in [-0.39, 0.29) is 0 Å². The van der Waals surface area contributed by atoms with Gasteiger partial charge >= 0.3 is 0 Å². The Labute approximate surface area is 232 Å². The van der Waals surface area contributed by atoms with Crippen LogP contribution in [0.5, 0.6) is 0 Å². The molecule has 6 nitrogen and oxygen atoms in total. The molecule has 210 valence electrons. The number of anilines is 1. The lowest BCUT2D eigenvalue weighted by Crippen LogP contribution is -2.35. The zero-order chi connectivity index (χ0) is 28.9. The first kappa shape index (κ1) is 34.6. The van der Waals surface area contributed by atoms with E-state index in [2.05, 4.69) is 53.0 Å². The lowest BCUT2D eigenvalue weighted by Gasteiger charge is -2.29. The molecule has 6 heteroatoms. The first-order valence-corrected chi connectivity index (χ1v) is 13.4. The van der Waals surface area contributed by atoms with Crippen molar-refractivity contribution in [1.29, 1.82) is 0 Å². The van der Waals surface area contributed by atoms with Crippen molar-refractivity contribution in [3.8, 4) is 0 Å². The molecule has 0 aliphatic carbocycles. The van der Waals surface area contributed by atoms with E-state index in [1.807, 2.05) is 77.4 Å². The molecule has 0 saturated carbocycles. The monoisotopic (exact) mass is 520 g/mol. The summed E-state index contributed by atoms with van der Waals surface area (Å²) >= 11 is 0. The first-order valence-electron chi connectivity index (χ1n) is 13.4. The minimum atomic E-state index is 0.750. The molecule has 0 amide bonds. The summed E-state index contributed by atoms with van der Waals surface area (Å²) in [6.07, 6.45) is 15.8. The molecule has 2 rings (SSSR count). The Morgan fingerprint density at radius 3 is 2.16 bits per heavy atom. The smallest absolute Gasteiger partial charge is 0.129 e. The van der Waals surface area contributed by atoms with Crippen molar-refractivity contribution in [2.24, 2.45) is 11.5 Å². The minimum Gasteiger partial charge on any atom is -0.399 e. The van der Waals surface area contributed by atoms with E-state index in [4.69, 9.17) is 11.5 Å². The predicted molar refractivity (Wildman–Crippen MR) is 170 cm³/mol. The van der Waals surface area contributed by atoms with Crippen LogP contribution < -0.4 is 21.7 Å². The summed E-state index contributed by atoms with van der Waals surface area (Å²) in [4.78, 5) is 9.26. The van der Waals surface area contributed by atoms with Gasteiger partial charge in [0.2, 0.25) is 0 Å². The molecule has 1 aliphatic rings. The Bertz CT molecular complexity index is 973. The quantitative estimate of drug-likeness (QED) is 0.375. The van der Waals surface area contributed by atoms with Gasteiger partial charge in [0.15, 0.2) is 0 Å². The molecule has 38 heavy (non-hydrogen) atoms. The second-order valence-electron chi connectivity index (χ2n) is 8.95. The molecule has 2 heterocycles. The molecule has 1 aromatic heterocycles. The van der Waals surface area contributed by atoms with Crippen LogP contribution in [0, 0.1) is 0 Å². The van der Waals surface area contributed by atoms with Gasteiger partial charge in [0.05, 0.1) is 0 Å². The predicted octanol–water partition coefficient (Wildman–Crippen LogP) is 5.81. The van der Waals surface area contributed by atoms with Crippen LogP contribution in [0.4, 0.5) is 5.82 Å². The molecule has 1 fully saturated rings. The highest BCUT2D eigenvalue weighted by molar-refractivity contribution is 5.53. The number of aromatic nitrogens is 1. The molecule has 0 bridgehead atoms. The summed E-state index contributed by atoms with van der Waals surface area (Å²) in [7, 11) is 4.09. The second kappa shape index (κ2) is 20.7. The van der Waals surface area contributed by atoms with E-state index in [0.29, 0.717) is 0 Å². The fourth-order valence-electron chi connectivity index (χ4n) is 3.57. The van der Waals surface area contributed by atoms with Crippen molar-refractivity contribution in [3.63, 3.8) is 0 Å². The van der Waals surface area contributed by atoms with Gasteiger partial charge in [-0.25, -0.2) is 4.98 Å². The Morgan fingerprint density at radius 1 is 1.08 bits per heavy atom. The number of nitrogens with two attached hydrogens (primary N) is 2. The Kier molecular flexibility index (Phi) is 18.9. The van der Waals surface area contributed by atoms with E-state index >= 15 is 0 Å². The number of pyridine rings is 1. The average Bonchev–Trinajstić information content (AvgIpc) is 2.92. The summed E-state index contributed by atoms with van der Waals surface area (Å²) < 4.78 is 0. The molecular weight excluding hydrogens is 468 g/mol. The summed E-state index contributed by atoms with van der Waals surface area (Å²) in [6.45, 7) is 24.6. The van der Waals surface area contributed by atoms with Gasteiger partial charge in [-0.1, -0.05) is 51.0 Å². The molecule has 0 spiro atoms. The Balaban J connectivity index is 0.000000653. The molecule has 5 N–H and O–H groups in total. The molecule has 0 unspecified atom stereocenters. The van der Waals surface area contributed by atoms with Crippen LogP contribution in [0.25, 0.3) is 6.08 Å². The van der Waals surface area contributed by atoms with E-state index in [1.165, 1.54) is 25.9 Å². The third-order valence-corrected chi connectivity index (χ3v) is 5.91. The van der Waals surface area contributed by atoms with Crippen molar-refractivity contribution < 1.29 is 0 Å². The molecule has 0 atom stereocenters. The SMILES string of the molecule is C=CC(=C)C(=C\C(=C/C)C(\N)=C\C)/C=C(\C)NC.C=Cc1ccnc(N2CCCN(C)CCC2)c1.CCN. The van der Waals surface area contributed by atoms with Crippen molar-refractivity contribution in [2.45, 2.75) is 40.5 Å². The molecule has 1 aromatic rings. The van der Waals surface area contributed by atoms with Crippen LogP contribution in [0.15, 0.2) is 96.6 Å². The number of hydrogen-bond donors (Lipinski definition) is 3. The van der Waals surface area contributed by atoms with Gasteiger partial charge in [0.25, 0.3) is 0 Å². The third kappa shape index (κ3) is 13.8. The largest absolute Gasteiger partial charge is 0.399 e. The van der Waals surface area contributed by atoms with Crippen molar-refractivity contribution in [1.82, 2.24) is 15.2 Å². The fraction of sp³-hybridized carbons (Fsp3) is 0.406. The molecule has 1 aliphatic heterocycles. The molecule has 0 aromatic carbocycles. The highest BCUT2D eigenvalue weighted by Crippen LogP contribution is 2.18. The Hall–Kier alpha value is -3.35. The van der Waals surface area contributed by atoms with Crippen molar-refractivity contribution in [2.75, 3.05) is 51.7 Å². The lowest BCUT2D eigenvalue weighted by atomic mass is 10.0. The zero-order valence-electron chi connectivity index (χ0n) is 24.8. The molecule has 1 saturated heterocycles. The van der Waals surface area contributed by atoms with Gasteiger partial charge in [-0.2, -0.15) is 0 Å². The van der Waals surface area contributed by atoms with Gasteiger partial charge in [0.1, 0.15) is 5.82 Å². The summed E-state index contributed by atoms with van der Waals surface area (Å²) in [5.74, 6) is 1.09. The standard InChI is InChI=1S/C16H24N2.C14H21N3.C2H7N/c1-7-12(4)15(10-13(5)18-6)11-14(8-2)16(17)9-3;1-3-13-6-7-15-14(12-13)17-10-4-8-16(2)9-5-11-17;1-2-3/h7-11,18H,1,4,17H2,2-3,5-6H3;3,6-7,12H,1,4-5,8-11H2,2H3;2-3H2,1H3/b13-10+,14-8+,15-11-,16-9-;;. The third-order valence-electron chi connectivity index (χ3n) is 5.91. The van der Waals surface area contributed by atoms with Gasteiger partial charge in [-0.05, 0) is 107 Å². The normalized spacial score (nSPS) is 15.6. The topological polar surface area (TPSA) is 83.4 Å². The summed E-state index contributed by atoms with van der Waals surface area (Å²) in [6, 6.07) is 4.12. The number of nitrogens with zero attached hydrogens (tertiary/aromatic N) is 3. The summed E-state index contributed by atoms with van der Waals surface area (Å²) in [5, 5.41) is 3.09. The van der Waals surface area contributed by atoms with Gasteiger partial charge in [0, 0.05) is 37.7 Å². The Morgan fingerprint density at radius 2 is 1.68 bits per heavy atom. The van der Waals surface area contributed by atoms with Crippen LogP contribution in [-0.2, 0) is 0 Å². The van der Waals surface area contributed by atoms with E-state index in [9.17, 15) is 0 Å². The van der Waals surface area contributed by atoms with Crippen LogP contribution in [0.2, 0.25) is 0 Å². The maximum Gasteiger partial charge on any atom is 0.129 e. The van der Waals surface area contributed by atoms with Crippen LogP contribution in [0.3, 0.4) is 0 Å². The highest BCUT2D eigenvalue weighted by atomic mass is 15.2. The lowest BCUT2D eigenvalue weighted by molar-refractivity contribution is 0.313. The van der Waals surface area contributed by atoms with E-state index in [0.717, 1.165) is 59.1 Å². The molecule has 0 radical (unpaired) electrons. The van der Waals surface area contributed by atoms with Crippen LogP contribution in [-0.4, -0.2) is 56.7 Å². The molecular formula is C32H52N6. The van der Waals surface area contributed by atoms with Crippen molar-refractivity contribution in [3.05, 3.63) is 102 Å². The van der Waals surface area contributed by atoms with Gasteiger partial charge in [-0.15, -0.1) is 0 Å². The zero-order valence-corrected chi connectivity index (χ0v) is 24.8. The van der Waals surface area contributed by atoms with Crippen LogP contribution in [0.1, 0.15) is 46.1 Å². The maximum atomic E-state index is 5.94. The maximum absolute atomic E-state index is 5.94. The number of hydrogen-bond acceptors (Lipinski definition) is 6. The highest BCUT2D eigenvalue weighted by Gasteiger charge is 2.12. The van der Waals surface area contributed by atoms with Crippen molar-refractivity contribution >= 4 is 11.9 Å². The van der Waals surface area contributed by atoms with Gasteiger partial charge in [-0.3, -0.25) is 0 Å². The van der Waals surface area contributed by atoms with Gasteiger partial charge < -0.3 is 26.6 Å². The average molecular weight is 521 g/mol. The van der Waals surface area contributed by atoms with Crippen LogP contribution >= 0.6 is 0 Å².